The molecule has 8 heteroatoms. The SMILES string of the molecule is C=CC(=O)N(CCc1cccnc1N(C)C)c1ccc(-c2ccc(C(F)(F)F)cc2)nc1. The zero-order valence-corrected chi connectivity index (χ0v) is 17.8. The molecule has 0 N–H and O–H groups in total. The highest BCUT2D eigenvalue weighted by Crippen LogP contribution is 2.31. The third-order valence-electron chi connectivity index (χ3n) is 4.90. The summed E-state index contributed by atoms with van der Waals surface area (Å²) < 4.78 is 38.3. The van der Waals surface area contributed by atoms with E-state index >= 15 is 0 Å². The fourth-order valence-corrected chi connectivity index (χ4v) is 3.28. The normalized spacial score (nSPS) is 11.2. The van der Waals surface area contributed by atoms with Crippen LogP contribution in [0, 0.1) is 0 Å². The van der Waals surface area contributed by atoms with Crippen LogP contribution in [0.4, 0.5) is 24.7 Å². The molecule has 0 fully saturated rings. The van der Waals surface area contributed by atoms with Gasteiger partial charge in [0.25, 0.3) is 0 Å². The lowest BCUT2D eigenvalue weighted by atomic mass is 10.1. The second kappa shape index (κ2) is 9.64. The van der Waals surface area contributed by atoms with Crippen molar-refractivity contribution in [2.75, 3.05) is 30.4 Å². The lowest BCUT2D eigenvalue weighted by molar-refractivity contribution is -0.137. The molecular formula is C24H23F3N4O. The Morgan fingerprint density at radius 3 is 2.34 bits per heavy atom. The maximum absolute atomic E-state index is 12.8. The molecule has 1 aromatic carbocycles. The van der Waals surface area contributed by atoms with Crippen LogP contribution in [-0.2, 0) is 17.4 Å². The molecule has 0 aliphatic carbocycles. The average molecular weight is 440 g/mol. The Kier molecular flexibility index (Phi) is 6.92. The first-order valence-electron chi connectivity index (χ1n) is 9.89. The van der Waals surface area contributed by atoms with Crippen LogP contribution in [0.2, 0.25) is 0 Å². The third kappa shape index (κ3) is 5.32. The molecule has 3 rings (SSSR count). The summed E-state index contributed by atoms with van der Waals surface area (Å²) in [5, 5.41) is 0. The number of pyridine rings is 2. The van der Waals surface area contributed by atoms with Gasteiger partial charge in [-0.2, -0.15) is 13.2 Å². The molecule has 2 heterocycles. The van der Waals surface area contributed by atoms with Crippen LogP contribution in [-0.4, -0.2) is 36.5 Å². The second-order valence-electron chi connectivity index (χ2n) is 7.30. The standard InChI is InChI=1S/C24H23F3N4O/c1-4-22(32)31(15-13-18-6-5-14-28-23(18)30(2)3)20-11-12-21(29-16-20)17-7-9-19(10-8-17)24(25,26)27/h4-12,14,16H,1,13,15H2,2-3H3. The predicted molar refractivity (Wildman–Crippen MR) is 119 cm³/mol. The number of carbonyl (C=O) groups is 1. The summed E-state index contributed by atoms with van der Waals surface area (Å²) in [5.41, 5.74) is 1.91. The first-order chi connectivity index (χ1) is 15.2. The maximum atomic E-state index is 12.8. The van der Waals surface area contributed by atoms with E-state index in [2.05, 4.69) is 16.5 Å². The fourth-order valence-electron chi connectivity index (χ4n) is 3.28. The smallest absolute Gasteiger partial charge is 0.363 e. The summed E-state index contributed by atoms with van der Waals surface area (Å²) in [6, 6.07) is 12.0. The van der Waals surface area contributed by atoms with Crippen LogP contribution in [0.5, 0.6) is 0 Å². The number of amides is 1. The number of aromatic nitrogens is 2. The van der Waals surface area contributed by atoms with Gasteiger partial charge in [0.1, 0.15) is 5.82 Å². The van der Waals surface area contributed by atoms with Crippen LogP contribution < -0.4 is 9.80 Å². The van der Waals surface area contributed by atoms with Gasteiger partial charge < -0.3 is 9.80 Å². The van der Waals surface area contributed by atoms with E-state index in [9.17, 15) is 18.0 Å². The minimum atomic E-state index is -4.39. The topological polar surface area (TPSA) is 49.3 Å². The van der Waals surface area contributed by atoms with E-state index in [4.69, 9.17) is 0 Å². The highest BCUT2D eigenvalue weighted by Gasteiger charge is 2.30. The van der Waals surface area contributed by atoms with Crippen molar-refractivity contribution in [2.24, 2.45) is 0 Å². The highest BCUT2D eigenvalue weighted by molar-refractivity contribution is 6.01. The maximum Gasteiger partial charge on any atom is 0.416 e. The van der Waals surface area contributed by atoms with Gasteiger partial charge in [0.2, 0.25) is 5.91 Å². The quantitative estimate of drug-likeness (QED) is 0.486. The summed E-state index contributed by atoms with van der Waals surface area (Å²) in [7, 11) is 3.81. The molecule has 5 nitrogen and oxygen atoms in total. The van der Waals surface area contributed by atoms with Crippen molar-refractivity contribution in [1.82, 2.24) is 9.97 Å². The van der Waals surface area contributed by atoms with Crippen LogP contribution >= 0.6 is 0 Å². The van der Waals surface area contributed by atoms with Crippen molar-refractivity contribution in [3.8, 4) is 11.3 Å². The largest absolute Gasteiger partial charge is 0.416 e. The first kappa shape index (κ1) is 23.0. The number of benzene rings is 1. The molecule has 0 bridgehead atoms. The molecule has 0 radical (unpaired) electrons. The predicted octanol–water partition coefficient (Wildman–Crippen LogP) is 4.99. The number of rotatable bonds is 7. The highest BCUT2D eigenvalue weighted by atomic mass is 19.4. The van der Waals surface area contributed by atoms with Crippen molar-refractivity contribution in [2.45, 2.75) is 12.6 Å². The number of hydrogen-bond acceptors (Lipinski definition) is 4. The Bertz CT molecular complexity index is 1080. The van der Waals surface area contributed by atoms with Crippen molar-refractivity contribution in [3.63, 3.8) is 0 Å². The van der Waals surface area contributed by atoms with Crippen molar-refractivity contribution >= 4 is 17.4 Å². The molecule has 0 spiro atoms. The van der Waals surface area contributed by atoms with Gasteiger partial charge in [0.15, 0.2) is 0 Å². The van der Waals surface area contributed by atoms with Crippen LogP contribution in [0.25, 0.3) is 11.3 Å². The summed E-state index contributed by atoms with van der Waals surface area (Å²) in [4.78, 5) is 24.7. The lowest BCUT2D eigenvalue weighted by Crippen LogP contribution is -2.31. The number of carbonyl (C=O) groups excluding carboxylic acids is 1. The fraction of sp³-hybridized carbons (Fsp3) is 0.208. The zero-order chi connectivity index (χ0) is 23.3. The van der Waals surface area contributed by atoms with Gasteiger partial charge in [-0.05, 0) is 48.4 Å². The van der Waals surface area contributed by atoms with Gasteiger partial charge in [0, 0.05) is 32.4 Å². The number of nitrogens with zero attached hydrogens (tertiary/aromatic N) is 4. The first-order valence-corrected chi connectivity index (χ1v) is 9.89. The molecule has 0 aliphatic rings. The van der Waals surface area contributed by atoms with E-state index < -0.39 is 11.7 Å². The van der Waals surface area contributed by atoms with Gasteiger partial charge in [-0.1, -0.05) is 24.8 Å². The lowest BCUT2D eigenvalue weighted by Gasteiger charge is -2.23. The number of alkyl halides is 3. The molecule has 32 heavy (non-hydrogen) atoms. The number of halogens is 3. The van der Waals surface area contributed by atoms with E-state index in [0.717, 1.165) is 23.5 Å². The monoisotopic (exact) mass is 440 g/mol. The van der Waals surface area contributed by atoms with Crippen LogP contribution in [0.1, 0.15) is 11.1 Å². The summed E-state index contributed by atoms with van der Waals surface area (Å²) in [6.45, 7) is 3.96. The van der Waals surface area contributed by atoms with Gasteiger partial charge in [-0.15, -0.1) is 0 Å². The molecule has 1 amide bonds. The minimum Gasteiger partial charge on any atom is -0.363 e. The molecule has 2 aromatic heterocycles. The molecule has 3 aromatic rings. The summed E-state index contributed by atoms with van der Waals surface area (Å²) in [5.74, 6) is 0.554. The van der Waals surface area contributed by atoms with Crippen LogP contribution in [0.15, 0.2) is 73.6 Å². The van der Waals surface area contributed by atoms with Gasteiger partial charge >= 0.3 is 6.18 Å². The van der Waals surface area contributed by atoms with Gasteiger partial charge in [0.05, 0.1) is 23.1 Å². The van der Waals surface area contributed by atoms with E-state index in [1.54, 1.807) is 23.2 Å². The molecule has 0 saturated carbocycles. The molecule has 0 atom stereocenters. The number of anilines is 2. The molecular weight excluding hydrogens is 417 g/mol. The zero-order valence-electron chi connectivity index (χ0n) is 17.8. The van der Waals surface area contributed by atoms with E-state index in [0.29, 0.717) is 29.9 Å². The van der Waals surface area contributed by atoms with Gasteiger partial charge in [-0.3, -0.25) is 9.78 Å². The Labute approximate surface area is 184 Å². The van der Waals surface area contributed by atoms with E-state index in [-0.39, 0.29) is 5.91 Å². The summed E-state index contributed by atoms with van der Waals surface area (Å²) >= 11 is 0. The number of hydrogen-bond donors (Lipinski definition) is 0. The van der Waals surface area contributed by atoms with Crippen molar-refractivity contribution < 1.29 is 18.0 Å². The minimum absolute atomic E-state index is 0.274. The second-order valence-corrected chi connectivity index (χ2v) is 7.30. The molecule has 0 aliphatic heterocycles. The Balaban J connectivity index is 1.80. The Morgan fingerprint density at radius 1 is 1.06 bits per heavy atom. The van der Waals surface area contributed by atoms with Crippen molar-refractivity contribution in [1.29, 1.82) is 0 Å². The summed E-state index contributed by atoms with van der Waals surface area (Å²) in [6.07, 6.45) is 0.670. The molecule has 0 saturated heterocycles. The third-order valence-corrected chi connectivity index (χ3v) is 4.90. The van der Waals surface area contributed by atoms with Gasteiger partial charge in [-0.25, -0.2) is 4.98 Å². The van der Waals surface area contributed by atoms with Crippen LogP contribution in [0.3, 0.4) is 0 Å². The Hall–Kier alpha value is -3.68. The Morgan fingerprint density at radius 2 is 1.78 bits per heavy atom. The molecule has 166 valence electrons. The van der Waals surface area contributed by atoms with E-state index in [1.807, 2.05) is 31.1 Å². The average Bonchev–Trinajstić information content (AvgIpc) is 2.79. The van der Waals surface area contributed by atoms with Crippen molar-refractivity contribution in [3.05, 3.63) is 84.7 Å². The molecule has 0 unspecified atom stereocenters. The van der Waals surface area contributed by atoms with E-state index in [1.165, 1.54) is 24.4 Å².